The molecule has 0 aliphatic carbocycles. The van der Waals surface area contributed by atoms with E-state index in [0.29, 0.717) is 33.0 Å². The van der Waals surface area contributed by atoms with Crippen molar-refractivity contribution in [1.82, 2.24) is 14.9 Å². The number of anilines is 3. The minimum absolute atomic E-state index is 0.400. The van der Waals surface area contributed by atoms with Gasteiger partial charge in [0.1, 0.15) is 10.6 Å². The number of hydrogen-bond acceptors (Lipinski definition) is 8. The molecule has 10 heteroatoms. The Kier molecular flexibility index (Phi) is 7.29. The van der Waals surface area contributed by atoms with Crippen LogP contribution in [0.25, 0.3) is 21.3 Å². The number of fused-ring (bicyclic) bond motifs is 1. The van der Waals surface area contributed by atoms with Gasteiger partial charge in [-0.1, -0.05) is 23.7 Å². The summed E-state index contributed by atoms with van der Waals surface area (Å²) >= 11 is 7.52. The van der Waals surface area contributed by atoms with Crippen LogP contribution in [0.5, 0.6) is 5.75 Å². The summed E-state index contributed by atoms with van der Waals surface area (Å²) in [5.41, 5.74) is 9.73. The maximum atomic E-state index is 12.3. The zero-order valence-electron chi connectivity index (χ0n) is 21.8. The molecule has 2 fully saturated rings. The van der Waals surface area contributed by atoms with Gasteiger partial charge in [0.25, 0.3) is 5.91 Å². The molecule has 39 heavy (non-hydrogen) atoms. The Morgan fingerprint density at radius 1 is 1.13 bits per heavy atom. The van der Waals surface area contributed by atoms with Crippen molar-refractivity contribution in [3.05, 3.63) is 58.6 Å². The number of primary amides is 1. The van der Waals surface area contributed by atoms with Gasteiger partial charge in [0.2, 0.25) is 5.95 Å². The molecular formula is C29H31ClN6O2S. The van der Waals surface area contributed by atoms with Crippen LogP contribution >= 0.6 is 22.9 Å². The normalized spacial score (nSPS) is 16.6. The molecule has 2 saturated heterocycles. The van der Waals surface area contributed by atoms with Crippen LogP contribution in [0.4, 0.5) is 17.3 Å². The van der Waals surface area contributed by atoms with Crippen molar-refractivity contribution in [2.45, 2.75) is 31.7 Å². The van der Waals surface area contributed by atoms with E-state index in [1.54, 1.807) is 25.4 Å². The molecule has 0 saturated carbocycles. The number of nitrogens with two attached hydrogens (primary N) is 1. The average molecular weight is 563 g/mol. The number of likely N-dealkylation sites (tertiary alicyclic amines) is 1. The van der Waals surface area contributed by atoms with Crippen LogP contribution in [0.2, 0.25) is 5.02 Å². The van der Waals surface area contributed by atoms with Crippen LogP contribution in [0.15, 0.2) is 48.7 Å². The fourth-order valence-corrected chi connectivity index (χ4v) is 6.91. The fraction of sp³-hybridized carbons (Fsp3) is 0.345. The quantitative estimate of drug-likeness (QED) is 0.288. The van der Waals surface area contributed by atoms with Crippen molar-refractivity contribution in [3.8, 4) is 16.9 Å². The second kappa shape index (κ2) is 11.0. The van der Waals surface area contributed by atoms with Crippen LogP contribution in [0.1, 0.15) is 35.4 Å². The van der Waals surface area contributed by atoms with Gasteiger partial charge in [-0.15, -0.1) is 11.3 Å². The molecule has 2 aromatic heterocycles. The Balaban J connectivity index is 1.25. The lowest BCUT2D eigenvalue weighted by Crippen LogP contribution is -2.43. The summed E-state index contributed by atoms with van der Waals surface area (Å²) in [6.45, 7) is 4.60. The van der Waals surface area contributed by atoms with E-state index in [1.807, 2.05) is 18.2 Å². The summed E-state index contributed by atoms with van der Waals surface area (Å²) in [6, 6.07) is 14.2. The highest BCUT2D eigenvalue weighted by Gasteiger charge is 2.27. The number of aromatic nitrogens is 2. The highest BCUT2D eigenvalue weighted by molar-refractivity contribution is 7.21. The van der Waals surface area contributed by atoms with Crippen LogP contribution in [-0.2, 0) is 0 Å². The summed E-state index contributed by atoms with van der Waals surface area (Å²) < 4.78 is 6.52. The van der Waals surface area contributed by atoms with Gasteiger partial charge in [0, 0.05) is 41.5 Å². The average Bonchev–Trinajstić information content (AvgIpc) is 3.62. The molecule has 0 unspecified atom stereocenters. The topological polar surface area (TPSA) is 96.6 Å². The lowest BCUT2D eigenvalue weighted by atomic mass is 10.0. The molecule has 4 aromatic rings. The van der Waals surface area contributed by atoms with Gasteiger partial charge in [-0.25, -0.2) is 9.97 Å². The van der Waals surface area contributed by atoms with Crippen LogP contribution in [-0.4, -0.2) is 60.1 Å². The third kappa shape index (κ3) is 5.26. The molecule has 6 rings (SSSR count). The standard InChI is InChI=1S/C29H31ClN6O2S/c1-38-23-16-21(36-13-9-20(10-14-36)35-11-2-3-12-35)7-8-22(23)33-29-32-17-24-26(34-29)25(27(39-24)28(31)37)18-5-4-6-19(30)15-18/h4-8,15-17,20H,2-3,9-14H2,1H3,(H2,31,37)(H,32,33,34). The van der Waals surface area contributed by atoms with E-state index < -0.39 is 5.91 Å². The highest BCUT2D eigenvalue weighted by Crippen LogP contribution is 2.39. The zero-order valence-corrected chi connectivity index (χ0v) is 23.4. The number of benzene rings is 2. The van der Waals surface area contributed by atoms with Crippen molar-refractivity contribution in [2.75, 3.05) is 43.5 Å². The maximum absolute atomic E-state index is 12.3. The lowest BCUT2D eigenvalue weighted by Gasteiger charge is -2.38. The van der Waals surface area contributed by atoms with Crippen molar-refractivity contribution in [3.63, 3.8) is 0 Å². The number of thiophene rings is 1. The minimum atomic E-state index is -0.510. The van der Waals surface area contributed by atoms with Crippen LogP contribution in [0, 0.1) is 0 Å². The molecule has 3 N–H and O–H groups in total. The van der Waals surface area contributed by atoms with E-state index in [9.17, 15) is 4.79 Å². The second-order valence-electron chi connectivity index (χ2n) is 10.1. The van der Waals surface area contributed by atoms with E-state index in [0.717, 1.165) is 40.5 Å². The SMILES string of the molecule is COc1cc(N2CCC(N3CCCC3)CC2)ccc1Nc1ncc2sc(C(N)=O)c(-c3cccc(Cl)c3)c2n1. The molecule has 202 valence electrons. The molecule has 8 nitrogen and oxygen atoms in total. The molecule has 1 amide bonds. The lowest BCUT2D eigenvalue weighted by molar-refractivity contribution is 0.100. The van der Waals surface area contributed by atoms with Crippen LogP contribution < -0.4 is 20.7 Å². The molecule has 2 aliphatic heterocycles. The number of hydrogen-bond donors (Lipinski definition) is 2. The van der Waals surface area contributed by atoms with Gasteiger partial charge in [-0.05, 0) is 68.6 Å². The smallest absolute Gasteiger partial charge is 0.259 e. The zero-order chi connectivity index (χ0) is 26.9. The summed E-state index contributed by atoms with van der Waals surface area (Å²) in [6.07, 6.45) is 6.77. The molecule has 0 radical (unpaired) electrons. The first kappa shape index (κ1) is 25.9. The number of piperidine rings is 1. The third-order valence-electron chi connectivity index (χ3n) is 7.69. The maximum Gasteiger partial charge on any atom is 0.259 e. The number of nitrogens with one attached hydrogen (secondary N) is 1. The summed E-state index contributed by atoms with van der Waals surface area (Å²) in [5.74, 6) is 0.609. The Labute approximate surface area is 236 Å². The largest absolute Gasteiger partial charge is 0.494 e. The number of methoxy groups -OCH3 is 1. The van der Waals surface area contributed by atoms with E-state index >= 15 is 0 Å². The fourth-order valence-electron chi connectivity index (χ4n) is 5.73. The van der Waals surface area contributed by atoms with Gasteiger partial charge in [0.15, 0.2) is 0 Å². The number of carbonyl (C=O) groups is 1. The monoisotopic (exact) mass is 562 g/mol. The molecule has 4 heterocycles. The molecular weight excluding hydrogens is 532 g/mol. The molecule has 2 aromatic carbocycles. The first-order valence-electron chi connectivity index (χ1n) is 13.3. The minimum Gasteiger partial charge on any atom is -0.494 e. The van der Waals surface area contributed by atoms with Gasteiger partial charge < -0.3 is 25.6 Å². The summed E-state index contributed by atoms with van der Waals surface area (Å²) in [5, 5.41) is 3.88. The number of carbonyl (C=O) groups excluding carboxylic acids is 1. The Bertz CT molecular complexity index is 1510. The first-order chi connectivity index (χ1) is 19.0. The molecule has 2 aliphatic rings. The van der Waals surface area contributed by atoms with Crippen molar-refractivity contribution in [2.24, 2.45) is 5.73 Å². The number of rotatable bonds is 7. The van der Waals surface area contributed by atoms with Gasteiger partial charge >= 0.3 is 0 Å². The van der Waals surface area contributed by atoms with Crippen molar-refractivity contribution < 1.29 is 9.53 Å². The number of ether oxygens (including phenoxy) is 1. The first-order valence-corrected chi connectivity index (χ1v) is 14.5. The van der Waals surface area contributed by atoms with E-state index in [2.05, 4.69) is 32.2 Å². The van der Waals surface area contributed by atoms with Crippen molar-refractivity contribution in [1.29, 1.82) is 0 Å². The Hall–Kier alpha value is -3.40. The van der Waals surface area contributed by atoms with Crippen LogP contribution in [0.3, 0.4) is 0 Å². The van der Waals surface area contributed by atoms with E-state index in [4.69, 9.17) is 27.1 Å². The predicted molar refractivity (Wildman–Crippen MR) is 159 cm³/mol. The summed E-state index contributed by atoms with van der Waals surface area (Å²) in [7, 11) is 1.67. The van der Waals surface area contributed by atoms with E-state index in [-0.39, 0.29) is 0 Å². The Morgan fingerprint density at radius 2 is 1.92 bits per heavy atom. The summed E-state index contributed by atoms with van der Waals surface area (Å²) in [4.78, 5) is 27.1. The number of nitrogens with zero attached hydrogens (tertiary/aromatic N) is 4. The highest BCUT2D eigenvalue weighted by atomic mass is 35.5. The third-order valence-corrected chi connectivity index (χ3v) is 9.05. The van der Waals surface area contributed by atoms with Gasteiger partial charge in [-0.2, -0.15) is 0 Å². The molecule has 0 bridgehead atoms. The predicted octanol–water partition coefficient (Wildman–Crippen LogP) is 5.93. The second-order valence-corrected chi connectivity index (χ2v) is 11.5. The van der Waals surface area contributed by atoms with Crippen molar-refractivity contribution >= 4 is 56.4 Å². The number of amides is 1. The van der Waals surface area contributed by atoms with Gasteiger partial charge in [0.05, 0.1) is 29.2 Å². The molecule has 0 atom stereocenters. The molecule has 0 spiro atoms. The number of halogens is 1. The van der Waals surface area contributed by atoms with Gasteiger partial charge in [-0.3, -0.25) is 4.79 Å². The van der Waals surface area contributed by atoms with E-state index in [1.165, 1.54) is 50.1 Å². The Morgan fingerprint density at radius 3 is 2.64 bits per heavy atom.